The van der Waals surface area contributed by atoms with Crippen molar-refractivity contribution in [2.75, 3.05) is 7.11 Å². The van der Waals surface area contributed by atoms with Crippen molar-refractivity contribution in [3.63, 3.8) is 0 Å². The number of aryl methyl sites for hydroxylation is 2. The third kappa shape index (κ3) is 2.69. The van der Waals surface area contributed by atoms with Crippen molar-refractivity contribution in [3.8, 4) is 28.7 Å². The maximum atomic E-state index is 5.81. The summed E-state index contributed by atoms with van der Waals surface area (Å²) in [5.41, 5.74) is 3.05. The number of aromatic nitrogens is 5. The van der Waals surface area contributed by atoms with Gasteiger partial charge < -0.3 is 9.15 Å². The Morgan fingerprint density at radius 2 is 1.76 bits per heavy atom. The quantitative estimate of drug-likeness (QED) is 0.568. The molecule has 0 amide bonds. The molecule has 0 radical (unpaired) electrons. The van der Waals surface area contributed by atoms with Crippen LogP contribution in [0.4, 0.5) is 0 Å². The lowest BCUT2D eigenvalue weighted by molar-refractivity contribution is 0.419. The van der Waals surface area contributed by atoms with Crippen LogP contribution >= 0.6 is 0 Å². The van der Waals surface area contributed by atoms with E-state index in [-0.39, 0.29) is 0 Å². The van der Waals surface area contributed by atoms with Crippen molar-refractivity contribution >= 4 is 10.9 Å². The first kappa shape index (κ1) is 15.2. The summed E-state index contributed by atoms with van der Waals surface area (Å²) in [6.07, 6.45) is 3.33. The molecule has 0 atom stereocenters. The first-order valence-corrected chi connectivity index (χ1v) is 7.73. The van der Waals surface area contributed by atoms with Crippen LogP contribution in [0.2, 0.25) is 0 Å². The largest absolute Gasteiger partial charge is 0.494 e. The molecule has 4 rings (SSSR count). The summed E-state index contributed by atoms with van der Waals surface area (Å²) in [7, 11) is 1.63. The molecule has 0 N–H and O–H groups in total. The highest BCUT2D eigenvalue weighted by molar-refractivity contribution is 5.88. The zero-order valence-corrected chi connectivity index (χ0v) is 14.0. The SMILES string of the molecule is COc1cccc2cc(-c3nnc(-c4cnc(C)nc4)o3)c(C)nc12. The van der Waals surface area contributed by atoms with Gasteiger partial charge in [0.2, 0.25) is 5.89 Å². The predicted molar refractivity (Wildman–Crippen MR) is 92.1 cm³/mol. The van der Waals surface area contributed by atoms with Crippen molar-refractivity contribution in [2.45, 2.75) is 13.8 Å². The zero-order valence-electron chi connectivity index (χ0n) is 14.0. The number of methoxy groups -OCH3 is 1. The number of para-hydroxylation sites is 1. The number of rotatable bonds is 3. The van der Waals surface area contributed by atoms with Crippen molar-refractivity contribution < 1.29 is 9.15 Å². The lowest BCUT2D eigenvalue weighted by atomic mass is 10.1. The Morgan fingerprint density at radius 1 is 1.00 bits per heavy atom. The first-order valence-electron chi connectivity index (χ1n) is 7.73. The van der Waals surface area contributed by atoms with Crippen LogP contribution in [-0.2, 0) is 0 Å². The van der Waals surface area contributed by atoms with E-state index in [1.807, 2.05) is 38.1 Å². The molecule has 3 aromatic heterocycles. The lowest BCUT2D eigenvalue weighted by Crippen LogP contribution is -1.93. The van der Waals surface area contributed by atoms with Crippen molar-refractivity contribution in [2.24, 2.45) is 0 Å². The summed E-state index contributed by atoms with van der Waals surface area (Å²) >= 11 is 0. The maximum absolute atomic E-state index is 5.81. The molecule has 0 aliphatic carbocycles. The summed E-state index contributed by atoms with van der Waals surface area (Å²) in [6.45, 7) is 3.72. The van der Waals surface area contributed by atoms with Gasteiger partial charge in [-0.2, -0.15) is 0 Å². The number of fused-ring (bicyclic) bond motifs is 1. The average molecular weight is 333 g/mol. The van der Waals surface area contributed by atoms with Gasteiger partial charge in [-0.1, -0.05) is 12.1 Å². The van der Waals surface area contributed by atoms with Crippen LogP contribution < -0.4 is 4.74 Å². The van der Waals surface area contributed by atoms with Crippen LogP contribution in [0.5, 0.6) is 5.75 Å². The number of hydrogen-bond donors (Lipinski definition) is 0. The fourth-order valence-electron chi connectivity index (χ4n) is 2.60. The molecule has 0 saturated heterocycles. The Kier molecular flexibility index (Phi) is 3.61. The molecule has 7 nitrogen and oxygen atoms in total. The molecule has 124 valence electrons. The topological polar surface area (TPSA) is 86.8 Å². The van der Waals surface area contributed by atoms with E-state index in [9.17, 15) is 0 Å². The average Bonchev–Trinajstić information content (AvgIpc) is 3.11. The van der Waals surface area contributed by atoms with Crippen molar-refractivity contribution in [3.05, 3.63) is 48.2 Å². The number of ether oxygens (including phenoxy) is 1. The number of nitrogens with zero attached hydrogens (tertiary/aromatic N) is 5. The molecule has 4 aromatic rings. The number of pyridine rings is 1. The van der Waals surface area contributed by atoms with Gasteiger partial charge in [0.15, 0.2) is 0 Å². The molecular formula is C18H15N5O2. The molecule has 0 saturated carbocycles. The van der Waals surface area contributed by atoms with Crippen LogP contribution in [-0.4, -0.2) is 32.3 Å². The zero-order chi connectivity index (χ0) is 17.4. The number of hydrogen-bond acceptors (Lipinski definition) is 7. The molecule has 0 bridgehead atoms. The normalized spacial score (nSPS) is 11.0. The summed E-state index contributed by atoms with van der Waals surface area (Å²) in [5, 5.41) is 9.19. The monoisotopic (exact) mass is 333 g/mol. The van der Waals surface area contributed by atoms with E-state index in [0.717, 1.165) is 27.9 Å². The van der Waals surface area contributed by atoms with Gasteiger partial charge in [-0.3, -0.25) is 0 Å². The van der Waals surface area contributed by atoms with Gasteiger partial charge in [-0.15, -0.1) is 10.2 Å². The first-order chi connectivity index (χ1) is 12.2. The lowest BCUT2D eigenvalue weighted by Gasteiger charge is -2.07. The molecule has 0 fully saturated rings. The van der Waals surface area contributed by atoms with Gasteiger partial charge in [-0.25, -0.2) is 15.0 Å². The fraction of sp³-hybridized carbons (Fsp3) is 0.167. The molecule has 0 aliphatic rings. The van der Waals surface area contributed by atoms with Gasteiger partial charge in [-0.05, 0) is 26.0 Å². The fourth-order valence-corrected chi connectivity index (χ4v) is 2.60. The third-order valence-electron chi connectivity index (χ3n) is 3.90. The molecule has 0 unspecified atom stereocenters. The van der Waals surface area contributed by atoms with E-state index in [2.05, 4.69) is 25.1 Å². The highest BCUT2D eigenvalue weighted by atomic mass is 16.5. The second-order valence-corrected chi connectivity index (χ2v) is 5.58. The van der Waals surface area contributed by atoms with Gasteiger partial charge in [0.05, 0.1) is 23.9 Å². The molecule has 1 aromatic carbocycles. The van der Waals surface area contributed by atoms with E-state index >= 15 is 0 Å². The highest BCUT2D eigenvalue weighted by Crippen LogP contribution is 2.31. The summed E-state index contributed by atoms with van der Waals surface area (Å²) in [4.78, 5) is 12.9. The Morgan fingerprint density at radius 3 is 2.52 bits per heavy atom. The second kappa shape index (κ2) is 5.94. The molecule has 25 heavy (non-hydrogen) atoms. The van der Waals surface area contributed by atoms with Crippen LogP contribution in [0, 0.1) is 13.8 Å². The van der Waals surface area contributed by atoms with Crippen LogP contribution in [0.3, 0.4) is 0 Å². The van der Waals surface area contributed by atoms with Gasteiger partial charge in [0.1, 0.15) is 17.1 Å². The Bertz CT molecular complexity index is 1060. The van der Waals surface area contributed by atoms with Crippen molar-refractivity contribution in [1.29, 1.82) is 0 Å². The van der Waals surface area contributed by atoms with E-state index in [0.29, 0.717) is 23.2 Å². The Labute approximate surface area is 143 Å². The summed E-state index contributed by atoms with van der Waals surface area (Å²) in [6, 6.07) is 7.75. The highest BCUT2D eigenvalue weighted by Gasteiger charge is 2.15. The van der Waals surface area contributed by atoms with Crippen molar-refractivity contribution in [1.82, 2.24) is 25.1 Å². The minimum Gasteiger partial charge on any atom is -0.494 e. The predicted octanol–water partition coefficient (Wildman–Crippen LogP) is 3.37. The van der Waals surface area contributed by atoms with Crippen LogP contribution in [0.15, 0.2) is 41.1 Å². The smallest absolute Gasteiger partial charge is 0.251 e. The maximum Gasteiger partial charge on any atom is 0.251 e. The minimum atomic E-state index is 0.375. The Balaban J connectivity index is 1.80. The number of benzene rings is 1. The van der Waals surface area contributed by atoms with Crippen LogP contribution in [0.1, 0.15) is 11.5 Å². The molecule has 0 aliphatic heterocycles. The third-order valence-corrected chi connectivity index (χ3v) is 3.90. The van der Waals surface area contributed by atoms with Crippen LogP contribution in [0.25, 0.3) is 33.8 Å². The second-order valence-electron chi connectivity index (χ2n) is 5.58. The van der Waals surface area contributed by atoms with E-state index in [1.165, 1.54) is 0 Å². The van der Waals surface area contributed by atoms with Gasteiger partial charge >= 0.3 is 0 Å². The minimum absolute atomic E-state index is 0.375. The van der Waals surface area contributed by atoms with E-state index in [1.54, 1.807) is 19.5 Å². The summed E-state index contributed by atoms with van der Waals surface area (Å²) in [5.74, 6) is 2.20. The molecule has 0 spiro atoms. The van der Waals surface area contributed by atoms with E-state index in [4.69, 9.17) is 9.15 Å². The van der Waals surface area contributed by atoms with Gasteiger partial charge in [0, 0.05) is 17.8 Å². The molecule has 3 heterocycles. The summed E-state index contributed by atoms with van der Waals surface area (Å²) < 4.78 is 11.2. The standard InChI is InChI=1S/C18H15N5O2/c1-10-14(7-12-5-4-6-15(24-3)16(12)21-10)18-23-22-17(25-18)13-8-19-11(2)20-9-13/h4-9H,1-3H3. The molecule has 7 heteroatoms. The van der Waals surface area contributed by atoms with E-state index < -0.39 is 0 Å². The van der Waals surface area contributed by atoms with Gasteiger partial charge in [0.25, 0.3) is 5.89 Å². The Hall–Kier alpha value is -3.35. The molecular weight excluding hydrogens is 318 g/mol.